The van der Waals surface area contributed by atoms with Crippen molar-refractivity contribution in [2.75, 3.05) is 26.4 Å². The van der Waals surface area contributed by atoms with Gasteiger partial charge in [0.15, 0.2) is 6.10 Å². The van der Waals surface area contributed by atoms with Crippen molar-refractivity contribution < 1.29 is 37.6 Å². The molecule has 312 valence electrons. The van der Waals surface area contributed by atoms with E-state index in [1.54, 1.807) is 0 Å². The van der Waals surface area contributed by atoms with Crippen molar-refractivity contribution in [2.24, 2.45) is 5.73 Å². The topological polar surface area (TPSA) is 134 Å². The van der Waals surface area contributed by atoms with Gasteiger partial charge in [0, 0.05) is 19.4 Å². The maximum atomic E-state index is 12.6. The molecule has 0 saturated heterocycles. The van der Waals surface area contributed by atoms with Crippen LogP contribution in [0.15, 0.2) is 24.3 Å². The zero-order valence-electron chi connectivity index (χ0n) is 34.3. The standard InChI is InChI=1S/C43H82NO8P/c1-3-5-7-9-11-13-15-17-19-20-22-24-26-28-30-32-34-36-43(46)52-41(40-51-53(47,48)50-38-37-44)39-49-42(45)35-33-31-29-27-25-23-21-18-16-14-12-10-8-6-4-2/h17,19,25,27,41H,3-16,18,20-24,26,28-40,44H2,1-2H3,(H,47,48)/b19-17+,27-25+/t41-/m1/s1. The molecule has 1 unspecified atom stereocenters. The van der Waals surface area contributed by atoms with E-state index in [2.05, 4.69) is 38.2 Å². The molecule has 0 radical (unpaired) electrons. The summed E-state index contributed by atoms with van der Waals surface area (Å²) in [6, 6.07) is 0. The van der Waals surface area contributed by atoms with Gasteiger partial charge < -0.3 is 20.1 Å². The van der Waals surface area contributed by atoms with Crippen molar-refractivity contribution in [3.05, 3.63) is 24.3 Å². The summed E-state index contributed by atoms with van der Waals surface area (Å²) in [6.07, 6.45) is 42.1. The number of hydrogen-bond donors (Lipinski definition) is 2. The van der Waals surface area contributed by atoms with Crippen molar-refractivity contribution in [2.45, 2.75) is 213 Å². The van der Waals surface area contributed by atoms with Crippen LogP contribution in [0.3, 0.4) is 0 Å². The lowest BCUT2D eigenvalue weighted by atomic mass is 10.1. The molecule has 0 aromatic rings. The van der Waals surface area contributed by atoms with E-state index in [-0.39, 0.29) is 32.6 Å². The third-order valence-electron chi connectivity index (χ3n) is 9.31. The summed E-state index contributed by atoms with van der Waals surface area (Å²) < 4.78 is 32.7. The van der Waals surface area contributed by atoms with Gasteiger partial charge in [0.25, 0.3) is 0 Å². The summed E-state index contributed by atoms with van der Waals surface area (Å²) in [6.45, 7) is 3.71. The maximum Gasteiger partial charge on any atom is 0.472 e. The monoisotopic (exact) mass is 772 g/mol. The first-order chi connectivity index (χ1) is 25.8. The second kappa shape index (κ2) is 40.2. The van der Waals surface area contributed by atoms with Gasteiger partial charge in [0.1, 0.15) is 6.61 Å². The highest BCUT2D eigenvalue weighted by Gasteiger charge is 2.26. The van der Waals surface area contributed by atoms with Gasteiger partial charge in [-0.15, -0.1) is 0 Å². The normalized spacial score (nSPS) is 13.5. The first-order valence-electron chi connectivity index (χ1n) is 21.8. The molecular weight excluding hydrogens is 689 g/mol. The lowest BCUT2D eigenvalue weighted by Gasteiger charge is -2.19. The van der Waals surface area contributed by atoms with E-state index in [1.807, 2.05) is 0 Å². The van der Waals surface area contributed by atoms with Gasteiger partial charge in [-0.1, -0.05) is 154 Å². The average molecular weight is 772 g/mol. The Labute approximate surface area is 325 Å². The lowest BCUT2D eigenvalue weighted by molar-refractivity contribution is -0.161. The quantitative estimate of drug-likeness (QED) is 0.0269. The fourth-order valence-electron chi connectivity index (χ4n) is 6.04. The third kappa shape index (κ3) is 40.0. The van der Waals surface area contributed by atoms with E-state index < -0.39 is 32.5 Å². The fraction of sp³-hybridized carbons (Fsp3) is 0.860. The molecule has 53 heavy (non-hydrogen) atoms. The van der Waals surface area contributed by atoms with Crippen molar-refractivity contribution in [3.8, 4) is 0 Å². The number of phosphoric ester groups is 1. The highest BCUT2D eigenvalue weighted by molar-refractivity contribution is 7.47. The highest BCUT2D eigenvalue weighted by atomic mass is 31.2. The minimum absolute atomic E-state index is 0.0513. The average Bonchev–Trinajstić information content (AvgIpc) is 3.14. The molecule has 3 N–H and O–H groups in total. The molecule has 9 nitrogen and oxygen atoms in total. The number of nitrogens with two attached hydrogens (primary N) is 1. The maximum absolute atomic E-state index is 12.6. The third-order valence-corrected chi connectivity index (χ3v) is 10.3. The van der Waals surface area contributed by atoms with E-state index in [4.69, 9.17) is 24.3 Å². The van der Waals surface area contributed by atoms with Crippen molar-refractivity contribution in [1.82, 2.24) is 0 Å². The van der Waals surface area contributed by atoms with E-state index in [0.717, 1.165) is 44.9 Å². The predicted molar refractivity (Wildman–Crippen MR) is 220 cm³/mol. The largest absolute Gasteiger partial charge is 0.472 e. The minimum atomic E-state index is -4.38. The Kier molecular flexibility index (Phi) is 39.0. The van der Waals surface area contributed by atoms with Crippen LogP contribution in [-0.2, 0) is 32.7 Å². The molecule has 0 aliphatic rings. The molecular formula is C43H82NO8P. The van der Waals surface area contributed by atoms with Gasteiger partial charge >= 0.3 is 19.8 Å². The SMILES string of the molecule is CCCCCCCC/C=C/CCCCCCCCCC(=O)O[C@H](COC(=O)CCCC/C=C/CCCCCCCCCCC)COP(=O)(O)OCCN. The van der Waals surface area contributed by atoms with Crippen LogP contribution in [0.4, 0.5) is 0 Å². The minimum Gasteiger partial charge on any atom is -0.462 e. The molecule has 0 aromatic carbocycles. The zero-order chi connectivity index (χ0) is 38.9. The Hall–Kier alpha value is -1.51. The molecule has 10 heteroatoms. The molecule has 0 heterocycles. The van der Waals surface area contributed by atoms with Gasteiger partial charge in [0.05, 0.1) is 13.2 Å². The Bertz CT molecular complexity index is 928. The van der Waals surface area contributed by atoms with Crippen molar-refractivity contribution in [3.63, 3.8) is 0 Å². The molecule has 0 amide bonds. The lowest BCUT2D eigenvalue weighted by Crippen LogP contribution is -2.29. The summed E-state index contributed by atoms with van der Waals surface area (Å²) in [7, 11) is -4.38. The van der Waals surface area contributed by atoms with Crippen LogP contribution in [0.1, 0.15) is 206 Å². The molecule has 0 rings (SSSR count). The Morgan fingerprint density at radius 1 is 0.547 bits per heavy atom. The number of allylic oxidation sites excluding steroid dienone is 4. The van der Waals surface area contributed by atoms with Gasteiger partial charge in [-0.25, -0.2) is 4.57 Å². The number of carbonyl (C=O) groups is 2. The van der Waals surface area contributed by atoms with Crippen molar-refractivity contribution >= 4 is 19.8 Å². The molecule has 2 atom stereocenters. The van der Waals surface area contributed by atoms with Gasteiger partial charge in [-0.05, 0) is 64.2 Å². The second-order valence-electron chi connectivity index (χ2n) is 14.6. The molecule has 0 spiro atoms. The summed E-state index contributed by atoms with van der Waals surface area (Å²) in [5.74, 6) is -0.854. The smallest absolute Gasteiger partial charge is 0.462 e. The summed E-state index contributed by atoms with van der Waals surface area (Å²) in [4.78, 5) is 34.8. The number of esters is 2. The van der Waals surface area contributed by atoms with E-state index >= 15 is 0 Å². The predicted octanol–water partition coefficient (Wildman–Crippen LogP) is 12.4. The first kappa shape index (κ1) is 51.5. The van der Waals surface area contributed by atoms with Crippen LogP contribution in [0, 0.1) is 0 Å². The molecule has 0 aliphatic heterocycles. The van der Waals surface area contributed by atoms with Gasteiger partial charge in [-0.2, -0.15) is 0 Å². The van der Waals surface area contributed by atoms with E-state index in [1.165, 1.54) is 122 Å². The van der Waals surface area contributed by atoms with Crippen LogP contribution < -0.4 is 5.73 Å². The highest BCUT2D eigenvalue weighted by Crippen LogP contribution is 2.43. The Balaban J connectivity index is 4.17. The Morgan fingerprint density at radius 2 is 0.925 bits per heavy atom. The summed E-state index contributed by atoms with van der Waals surface area (Å²) >= 11 is 0. The number of phosphoric acid groups is 1. The first-order valence-corrected chi connectivity index (χ1v) is 23.3. The van der Waals surface area contributed by atoms with Crippen LogP contribution in [0.2, 0.25) is 0 Å². The Morgan fingerprint density at radius 3 is 1.38 bits per heavy atom. The zero-order valence-corrected chi connectivity index (χ0v) is 35.2. The van der Waals surface area contributed by atoms with Crippen LogP contribution in [-0.4, -0.2) is 49.3 Å². The number of hydrogen-bond acceptors (Lipinski definition) is 8. The molecule has 0 aliphatic carbocycles. The van der Waals surface area contributed by atoms with E-state index in [0.29, 0.717) is 12.8 Å². The molecule has 0 fully saturated rings. The van der Waals surface area contributed by atoms with Crippen LogP contribution in [0.25, 0.3) is 0 Å². The fourth-order valence-corrected chi connectivity index (χ4v) is 6.80. The summed E-state index contributed by atoms with van der Waals surface area (Å²) in [5.41, 5.74) is 5.34. The molecule has 0 saturated carbocycles. The number of carbonyl (C=O) groups excluding carboxylic acids is 2. The van der Waals surface area contributed by atoms with Crippen LogP contribution in [0.5, 0.6) is 0 Å². The van der Waals surface area contributed by atoms with Gasteiger partial charge in [-0.3, -0.25) is 18.6 Å². The molecule has 0 bridgehead atoms. The van der Waals surface area contributed by atoms with Crippen molar-refractivity contribution in [1.29, 1.82) is 0 Å². The van der Waals surface area contributed by atoms with Gasteiger partial charge in [0.2, 0.25) is 0 Å². The van der Waals surface area contributed by atoms with E-state index in [9.17, 15) is 19.0 Å². The number of unbranched alkanes of at least 4 members (excludes halogenated alkanes) is 24. The number of ether oxygens (including phenoxy) is 2. The second-order valence-corrected chi connectivity index (χ2v) is 16.0. The van der Waals surface area contributed by atoms with Crippen LogP contribution >= 0.6 is 7.82 Å². The number of rotatable bonds is 41. The summed E-state index contributed by atoms with van der Waals surface area (Å²) in [5, 5.41) is 0. The molecule has 0 aromatic heterocycles.